The maximum Gasteiger partial charge on any atom is 0.0773 e. The smallest absolute Gasteiger partial charge is 0.0773 e. The van der Waals surface area contributed by atoms with Crippen molar-refractivity contribution in [2.45, 2.75) is 0 Å². The average Bonchev–Trinajstić information content (AvgIpc) is 2.14. The molecule has 0 fully saturated rings. The highest BCUT2D eigenvalue weighted by Gasteiger charge is 2.09. The van der Waals surface area contributed by atoms with Gasteiger partial charge in [-0.3, -0.25) is 4.98 Å². The van der Waals surface area contributed by atoms with E-state index >= 15 is 0 Å². The number of anilines is 2. The van der Waals surface area contributed by atoms with Crippen molar-refractivity contribution < 1.29 is 0 Å². The highest BCUT2D eigenvalue weighted by atomic mass is 79.9. The van der Waals surface area contributed by atoms with Gasteiger partial charge in [0, 0.05) is 25.5 Å². The van der Waals surface area contributed by atoms with E-state index in [1.165, 1.54) is 0 Å². The Balaban J connectivity index is 2.82. The number of halogens is 1. The minimum atomic E-state index is 0.711. The summed E-state index contributed by atoms with van der Waals surface area (Å²) in [6, 6.07) is 0. The van der Waals surface area contributed by atoms with Crippen molar-refractivity contribution in [3.05, 3.63) is 16.9 Å². The van der Waals surface area contributed by atoms with Crippen LogP contribution in [0.25, 0.3) is 0 Å². The van der Waals surface area contributed by atoms with Gasteiger partial charge in [0.05, 0.1) is 22.0 Å². The number of rotatable bonds is 4. The van der Waals surface area contributed by atoms with Gasteiger partial charge in [-0.1, -0.05) is 0 Å². The van der Waals surface area contributed by atoms with Crippen LogP contribution in [0.3, 0.4) is 0 Å². The van der Waals surface area contributed by atoms with Gasteiger partial charge in [0.15, 0.2) is 0 Å². The van der Waals surface area contributed by atoms with E-state index in [1.54, 1.807) is 12.4 Å². The van der Waals surface area contributed by atoms with E-state index in [0.717, 1.165) is 22.5 Å². The van der Waals surface area contributed by atoms with E-state index in [-0.39, 0.29) is 0 Å². The van der Waals surface area contributed by atoms with E-state index in [4.69, 9.17) is 5.73 Å². The molecule has 14 heavy (non-hydrogen) atoms. The second-order valence-electron chi connectivity index (χ2n) is 2.97. The summed E-state index contributed by atoms with van der Waals surface area (Å²) in [5.41, 5.74) is 7.59. The van der Waals surface area contributed by atoms with Gasteiger partial charge in [-0.05, 0) is 22.2 Å². The molecule has 1 heterocycles. The van der Waals surface area contributed by atoms with Crippen LogP contribution in [0.15, 0.2) is 16.9 Å². The fourth-order valence-corrected chi connectivity index (χ4v) is 2.29. The summed E-state index contributed by atoms with van der Waals surface area (Å²) in [5, 5.41) is 0. The molecule has 0 saturated heterocycles. The maximum absolute atomic E-state index is 5.85. The van der Waals surface area contributed by atoms with Gasteiger partial charge in [0.2, 0.25) is 0 Å². The molecule has 0 aliphatic carbocycles. The molecule has 0 atom stereocenters. The number of nitrogens with zero attached hydrogens (tertiary/aromatic N) is 2. The number of pyridine rings is 1. The van der Waals surface area contributed by atoms with Gasteiger partial charge in [-0.15, -0.1) is 0 Å². The van der Waals surface area contributed by atoms with Crippen molar-refractivity contribution in [2.75, 3.05) is 36.2 Å². The zero-order chi connectivity index (χ0) is 10.6. The fraction of sp³-hybridized carbons (Fsp3) is 0.444. The molecule has 0 spiro atoms. The van der Waals surface area contributed by atoms with Crippen LogP contribution in [0.4, 0.5) is 11.4 Å². The molecular formula is C9H14BrN3S. The highest BCUT2D eigenvalue weighted by molar-refractivity contribution is 9.10. The first-order valence-corrected chi connectivity index (χ1v) is 6.44. The Hall–Kier alpha value is -0.420. The van der Waals surface area contributed by atoms with Gasteiger partial charge in [-0.25, -0.2) is 0 Å². The van der Waals surface area contributed by atoms with Crippen LogP contribution in [0.5, 0.6) is 0 Å². The largest absolute Gasteiger partial charge is 0.396 e. The zero-order valence-electron chi connectivity index (χ0n) is 8.33. The van der Waals surface area contributed by atoms with Crippen molar-refractivity contribution in [2.24, 2.45) is 0 Å². The molecule has 5 heteroatoms. The summed E-state index contributed by atoms with van der Waals surface area (Å²) in [6.07, 6.45) is 5.54. The normalized spacial score (nSPS) is 10.2. The first kappa shape index (κ1) is 11.7. The third kappa shape index (κ3) is 2.78. The topological polar surface area (TPSA) is 42.1 Å². The van der Waals surface area contributed by atoms with Crippen LogP contribution >= 0.6 is 27.7 Å². The number of nitrogens with two attached hydrogens (primary N) is 1. The Morgan fingerprint density at radius 1 is 1.57 bits per heavy atom. The number of thioether (sulfide) groups is 1. The molecule has 0 aliphatic heterocycles. The number of aromatic nitrogens is 1. The number of hydrogen-bond acceptors (Lipinski definition) is 4. The van der Waals surface area contributed by atoms with Crippen molar-refractivity contribution in [1.29, 1.82) is 0 Å². The lowest BCUT2D eigenvalue weighted by molar-refractivity contribution is 0.972. The predicted molar refractivity (Wildman–Crippen MR) is 68.0 cm³/mol. The monoisotopic (exact) mass is 275 g/mol. The van der Waals surface area contributed by atoms with Crippen LogP contribution in [0.2, 0.25) is 0 Å². The van der Waals surface area contributed by atoms with Gasteiger partial charge in [-0.2, -0.15) is 11.8 Å². The third-order valence-electron chi connectivity index (χ3n) is 1.91. The molecular weight excluding hydrogens is 262 g/mol. The third-order valence-corrected chi connectivity index (χ3v) is 3.08. The van der Waals surface area contributed by atoms with Gasteiger partial charge >= 0.3 is 0 Å². The molecule has 0 amide bonds. The van der Waals surface area contributed by atoms with Crippen LogP contribution in [0.1, 0.15) is 0 Å². The highest BCUT2D eigenvalue weighted by Crippen LogP contribution is 2.30. The van der Waals surface area contributed by atoms with E-state index in [9.17, 15) is 0 Å². The van der Waals surface area contributed by atoms with Gasteiger partial charge in [0.25, 0.3) is 0 Å². The Bertz CT molecular complexity index is 286. The molecule has 0 bridgehead atoms. The Kier molecular flexibility index (Phi) is 4.54. The van der Waals surface area contributed by atoms with E-state index in [1.807, 2.05) is 18.8 Å². The Morgan fingerprint density at radius 2 is 2.29 bits per heavy atom. The first-order chi connectivity index (χ1) is 6.66. The molecule has 1 rings (SSSR count). The second kappa shape index (κ2) is 5.46. The average molecular weight is 276 g/mol. The van der Waals surface area contributed by atoms with Gasteiger partial charge < -0.3 is 10.6 Å². The second-order valence-corrected chi connectivity index (χ2v) is 4.81. The van der Waals surface area contributed by atoms with Crippen molar-refractivity contribution in [1.82, 2.24) is 4.98 Å². The van der Waals surface area contributed by atoms with E-state index in [2.05, 4.69) is 32.1 Å². The van der Waals surface area contributed by atoms with E-state index < -0.39 is 0 Å². The molecule has 1 aromatic rings. The van der Waals surface area contributed by atoms with Crippen molar-refractivity contribution >= 4 is 39.1 Å². The molecule has 0 radical (unpaired) electrons. The molecule has 2 N–H and O–H groups in total. The summed E-state index contributed by atoms with van der Waals surface area (Å²) in [6.45, 7) is 0.980. The minimum Gasteiger partial charge on any atom is -0.396 e. The SMILES string of the molecule is CSCCN(C)c1c(N)cncc1Br. The standard InChI is InChI=1S/C9H14BrN3S/c1-13(3-4-14-2)9-7(10)5-12-6-8(9)11/h5-6H,3-4,11H2,1-2H3. The number of hydrogen-bond donors (Lipinski definition) is 1. The van der Waals surface area contributed by atoms with Crippen LogP contribution in [-0.2, 0) is 0 Å². The van der Waals surface area contributed by atoms with Crippen LogP contribution in [0, 0.1) is 0 Å². The lowest BCUT2D eigenvalue weighted by Gasteiger charge is -2.21. The first-order valence-electron chi connectivity index (χ1n) is 4.26. The minimum absolute atomic E-state index is 0.711. The molecule has 0 aromatic carbocycles. The molecule has 0 unspecified atom stereocenters. The van der Waals surface area contributed by atoms with Crippen molar-refractivity contribution in [3.63, 3.8) is 0 Å². The quantitative estimate of drug-likeness (QED) is 0.915. The van der Waals surface area contributed by atoms with Gasteiger partial charge in [0.1, 0.15) is 0 Å². The summed E-state index contributed by atoms with van der Waals surface area (Å²) < 4.78 is 0.945. The summed E-state index contributed by atoms with van der Waals surface area (Å²) in [7, 11) is 2.03. The lowest BCUT2D eigenvalue weighted by atomic mass is 10.3. The van der Waals surface area contributed by atoms with Crippen molar-refractivity contribution in [3.8, 4) is 0 Å². The van der Waals surface area contributed by atoms with Crippen LogP contribution < -0.4 is 10.6 Å². The zero-order valence-corrected chi connectivity index (χ0v) is 10.7. The molecule has 0 aliphatic rings. The lowest BCUT2D eigenvalue weighted by Crippen LogP contribution is -2.21. The van der Waals surface area contributed by atoms with Crippen LogP contribution in [-0.4, -0.2) is 30.6 Å². The molecule has 78 valence electrons. The molecule has 1 aromatic heterocycles. The summed E-state index contributed by atoms with van der Waals surface area (Å²) >= 11 is 5.27. The Morgan fingerprint density at radius 3 is 2.86 bits per heavy atom. The number of nitrogen functional groups attached to an aromatic ring is 1. The molecule has 3 nitrogen and oxygen atoms in total. The Labute approximate surface area is 97.2 Å². The summed E-state index contributed by atoms with van der Waals surface area (Å²) in [4.78, 5) is 6.14. The predicted octanol–water partition coefficient (Wildman–Crippen LogP) is 2.23. The molecule has 0 saturated carbocycles. The van der Waals surface area contributed by atoms with E-state index in [0.29, 0.717) is 5.69 Å². The maximum atomic E-state index is 5.85. The fourth-order valence-electron chi connectivity index (χ4n) is 1.19. The summed E-state index contributed by atoms with van der Waals surface area (Å²) in [5.74, 6) is 1.09.